The van der Waals surface area contributed by atoms with Crippen LogP contribution in [-0.2, 0) is 13.0 Å². The number of fused-ring (bicyclic) bond motifs is 1. The average molecular weight is 237 g/mol. The Bertz CT molecular complexity index is 381. The molecule has 0 fully saturated rings. The molecule has 2 rings (SSSR count). The zero-order valence-corrected chi connectivity index (χ0v) is 9.76. The fourth-order valence-electron chi connectivity index (χ4n) is 2.19. The fourth-order valence-corrected chi connectivity index (χ4v) is 2.19. The van der Waals surface area contributed by atoms with Crippen LogP contribution >= 0.6 is 0 Å². The second-order valence-electron chi connectivity index (χ2n) is 4.48. The molecule has 1 aliphatic heterocycles. The van der Waals surface area contributed by atoms with Crippen LogP contribution in [0.4, 0.5) is 0 Å². The molecule has 1 aliphatic rings. The minimum absolute atomic E-state index is 0.118. The van der Waals surface area contributed by atoms with Crippen molar-refractivity contribution in [3.63, 3.8) is 0 Å². The van der Waals surface area contributed by atoms with Gasteiger partial charge in [0.25, 0.3) is 0 Å². The van der Waals surface area contributed by atoms with Gasteiger partial charge >= 0.3 is 0 Å². The molecule has 0 spiro atoms. The van der Waals surface area contributed by atoms with E-state index in [1.54, 1.807) is 0 Å². The van der Waals surface area contributed by atoms with Crippen LogP contribution in [0.15, 0.2) is 18.2 Å². The van der Waals surface area contributed by atoms with Gasteiger partial charge in [-0.25, -0.2) is 0 Å². The van der Waals surface area contributed by atoms with E-state index in [0.717, 1.165) is 25.1 Å². The maximum atomic E-state index is 9.94. The molecular weight excluding hydrogens is 218 g/mol. The topological polar surface area (TPSA) is 72.7 Å². The molecule has 17 heavy (non-hydrogen) atoms. The molecule has 4 nitrogen and oxygen atoms in total. The fraction of sp³-hybridized carbons (Fsp3) is 0.538. The highest BCUT2D eigenvalue weighted by Gasteiger charge is 2.19. The van der Waals surface area contributed by atoms with E-state index in [4.69, 9.17) is 5.11 Å². The van der Waals surface area contributed by atoms with Crippen molar-refractivity contribution in [1.29, 1.82) is 0 Å². The van der Waals surface area contributed by atoms with Crippen LogP contribution in [0.25, 0.3) is 0 Å². The van der Waals surface area contributed by atoms with E-state index in [0.29, 0.717) is 0 Å². The van der Waals surface area contributed by atoms with Gasteiger partial charge in [-0.2, -0.15) is 0 Å². The first kappa shape index (κ1) is 12.5. The molecule has 0 radical (unpaired) electrons. The summed E-state index contributed by atoms with van der Waals surface area (Å²) in [5.41, 5.74) is 3.21. The average Bonchev–Trinajstić information content (AvgIpc) is 2.37. The summed E-state index contributed by atoms with van der Waals surface area (Å²) in [6, 6.07) is 5.80. The summed E-state index contributed by atoms with van der Waals surface area (Å²) in [5, 5.41) is 31.6. The van der Waals surface area contributed by atoms with Gasteiger partial charge < -0.3 is 20.6 Å². The monoisotopic (exact) mass is 237 g/mol. The molecular formula is C13H19NO3. The number of aliphatic hydroxyl groups is 3. The summed E-state index contributed by atoms with van der Waals surface area (Å²) < 4.78 is 0. The van der Waals surface area contributed by atoms with Crippen LogP contribution in [0.2, 0.25) is 0 Å². The largest absolute Gasteiger partial charge is 0.396 e. The zero-order valence-electron chi connectivity index (χ0n) is 9.76. The van der Waals surface area contributed by atoms with Crippen molar-refractivity contribution < 1.29 is 15.3 Å². The number of hydrogen-bond donors (Lipinski definition) is 4. The second-order valence-corrected chi connectivity index (χ2v) is 4.48. The molecule has 0 aromatic heterocycles. The van der Waals surface area contributed by atoms with Crippen molar-refractivity contribution in [3.05, 3.63) is 34.9 Å². The Kier molecular flexibility index (Phi) is 4.12. The Morgan fingerprint density at radius 2 is 2.06 bits per heavy atom. The summed E-state index contributed by atoms with van der Waals surface area (Å²) >= 11 is 0. The van der Waals surface area contributed by atoms with E-state index in [1.807, 2.05) is 18.2 Å². The minimum Gasteiger partial charge on any atom is -0.396 e. The van der Waals surface area contributed by atoms with Gasteiger partial charge in [0.1, 0.15) is 6.10 Å². The lowest BCUT2D eigenvalue weighted by Crippen LogP contribution is -2.24. The van der Waals surface area contributed by atoms with Gasteiger partial charge in [0.2, 0.25) is 0 Å². The lowest BCUT2D eigenvalue weighted by Gasteiger charge is -2.21. The summed E-state index contributed by atoms with van der Waals surface area (Å²) in [4.78, 5) is 0. The normalized spacial score (nSPS) is 18.5. The molecule has 1 aromatic rings. The van der Waals surface area contributed by atoms with Gasteiger partial charge in [-0.15, -0.1) is 0 Å². The minimum atomic E-state index is -0.915. The summed E-state index contributed by atoms with van der Waals surface area (Å²) in [6.07, 6.45) is -0.673. The smallest absolute Gasteiger partial charge is 0.105 e. The van der Waals surface area contributed by atoms with E-state index in [-0.39, 0.29) is 13.0 Å². The summed E-state index contributed by atoms with van der Waals surface area (Å²) in [5.74, 6) is 0. The van der Waals surface area contributed by atoms with Gasteiger partial charge in [0, 0.05) is 13.2 Å². The molecule has 0 aliphatic carbocycles. The maximum Gasteiger partial charge on any atom is 0.105 e. The van der Waals surface area contributed by atoms with Gasteiger partial charge in [0.15, 0.2) is 0 Å². The highest BCUT2D eigenvalue weighted by atomic mass is 16.3. The predicted molar refractivity (Wildman–Crippen MR) is 64.5 cm³/mol. The maximum absolute atomic E-state index is 9.94. The Labute approximate surface area is 101 Å². The molecule has 1 heterocycles. The lowest BCUT2D eigenvalue weighted by molar-refractivity contribution is 0.00417. The lowest BCUT2D eigenvalue weighted by atomic mass is 9.94. The van der Waals surface area contributed by atoms with Crippen LogP contribution in [0.3, 0.4) is 0 Å². The van der Waals surface area contributed by atoms with Crippen LogP contribution < -0.4 is 5.32 Å². The number of benzene rings is 1. The van der Waals surface area contributed by atoms with Crippen LogP contribution in [0.1, 0.15) is 29.2 Å². The standard InChI is InChI=1S/C13H19NO3/c15-6-4-12(16)13(17)10-1-2-11-8-14-5-3-9(11)7-10/h1-2,7,12-17H,3-6,8H2. The Morgan fingerprint density at radius 1 is 1.24 bits per heavy atom. The van der Waals surface area contributed by atoms with Gasteiger partial charge in [-0.1, -0.05) is 18.2 Å². The van der Waals surface area contributed by atoms with Crippen molar-refractivity contribution in [2.45, 2.75) is 31.6 Å². The number of nitrogens with one attached hydrogen (secondary N) is 1. The Hall–Kier alpha value is -0.940. The van der Waals surface area contributed by atoms with Gasteiger partial charge in [0.05, 0.1) is 6.10 Å². The second kappa shape index (κ2) is 5.60. The molecule has 0 bridgehead atoms. The number of hydrogen-bond acceptors (Lipinski definition) is 4. The van der Waals surface area contributed by atoms with Crippen molar-refractivity contribution in [2.24, 2.45) is 0 Å². The van der Waals surface area contributed by atoms with Crippen molar-refractivity contribution >= 4 is 0 Å². The van der Waals surface area contributed by atoms with E-state index >= 15 is 0 Å². The first-order valence-corrected chi connectivity index (χ1v) is 6.02. The molecule has 2 unspecified atom stereocenters. The first-order valence-electron chi connectivity index (χ1n) is 6.02. The highest BCUT2D eigenvalue weighted by molar-refractivity contribution is 5.35. The third-order valence-electron chi connectivity index (χ3n) is 3.25. The quantitative estimate of drug-likeness (QED) is 0.600. The molecule has 4 heteroatoms. The molecule has 0 amide bonds. The number of rotatable bonds is 4. The van der Waals surface area contributed by atoms with Crippen LogP contribution in [-0.4, -0.2) is 34.6 Å². The van der Waals surface area contributed by atoms with Crippen molar-refractivity contribution in [2.75, 3.05) is 13.2 Å². The van der Waals surface area contributed by atoms with E-state index < -0.39 is 12.2 Å². The highest BCUT2D eigenvalue weighted by Crippen LogP contribution is 2.23. The van der Waals surface area contributed by atoms with E-state index in [1.165, 1.54) is 11.1 Å². The molecule has 4 N–H and O–H groups in total. The SMILES string of the molecule is OCCC(O)C(O)c1ccc2c(c1)CCNC2. The third-order valence-corrected chi connectivity index (χ3v) is 3.25. The first-order chi connectivity index (χ1) is 8.22. The summed E-state index contributed by atoms with van der Waals surface area (Å²) in [6.45, 7) is 1.70. The van der Waals surface area contributed by atoms with E-state index in [2.05, 4.69) is 5.32 Å². The van der Waals surface area contributed by atoms with Crippen molar-refractivity contribution in [3.8, 4) is 0 Å². The molecule has 1 aromatic carbocycles. The van der Waals surface area contributed by atoms with Crippen molar-refractivity contribution in [1.82, 2.24) is 5.32 Å². The molecule has 94 valence electrons. The molecule has 0 saturated heterocycles. The third kappa shape index (κ3) is 2.84. The Balaban J connectivity index is 2.15. The number of aliphatic hydroxyl groups excluding tert-OH is 3. The predicted octanol–water partition coefficient (Wildman–Crippen LogP) is 0.109. The molecule has 0 saturated carbocycles. The van der Waals surface area contributed by atoms with E-state index in [9.17, 15) is 10.2 Å². The molecule has 2 atom stereocenters. The Morgan fingerprint density at radius 3 is 2.82 bits per heavy atom. The van der Waals surface area contributed by atoms with Gasteiger partial charge in [-0.05, 0) is 36.1 Å². The van der Waals surface area contributed by atoms with Crippen LogP contribution in [0, 0.1) is 0 Å². The zero-order chi connectivity index (χ0) is 12.3. The van der Waals surface area contributed by atoms with Gasteiger partial charge in [-0.3, -0.25) is 0 Å². The van der Waals surface area contributed by atoms with Crippen LogP contribution in [0.5, 0.6) is 0 Å². The summed E-state index contributed by atoms with van der Waals surface area (Å²) in [7, 11) is 0.